The second-order valence-corrected chi connectivity index (χ2v) is 9.74. The van der Waals surface area contributed by atoms with Gasteiger partial charge in [-0.05, 0) is 61.5 Å². The van der Waals surface area contributed by atoms with Crippen molar-refractivity contribution < 1.29 is 23.5 Å². The van der Waals surface area contributed by atoms with Crippen LogP contribution in [-0.2, 0) is 4.74 Å². The summed E-state index contributed by atoms with van der Waals surface area (Å²) < 4.78 is 18.7. The second-order valence-electron chi connectivity index (χ2n) is 9.74. The number of halogens is 1. The average molecular weight is 531 g/mol. The highest BCUT2D eigenvalue weighted by atomic mass is 19.1. The van der Waals surface area contributed by atoms with Gasteiger partial charge in [0.15, 0.2) is 0 Å². The van der Waals surface area contributed by atoms with E-state index in [0.29, 0.717) is 74.9 Å². The molecule has 0 unspecified atom stereocenters. The Morgan fingerprint density at radius 3 is 2.03 bits per heavy atom. The zero-order valence-corrected chi connectivity index (χ0v) is 21.9. The van der Waals surface area contributed by atoms with Crippen LogP contribution in [0.2, 0.25) is 0 Å². The molecule has 0 atom stereocenters. The number of hydrogen-bond acceptors (Lipinski definition) is 5. The lowest BCUT2D eigenvalue weighted by Crippen LogP contribution is -2.49. The maximum atomic E-state index is 13.6. The molecule has 2 heterocycles. The van der Waals surface area contributed by atoms with E-state index in [2.05, 4.69) is 10.2 Å². The third-order valence-electron chi connectivity index (χ3n) is 7.10. The van der Waals surface area contributed by atoms with E-state index in [1.807, 2.05) is 42.2 Å². The molecular weight excluding hydrogens is 499 g/mol. The largest absolute Gasteiger partial charge is 0.378 e. The highest BCUT2D eigenvalue weighted by molar-refractivity contribution is 6.06. The summed E-state index contributed by atoms with van der Waals surface area (Å²) in [7, 11) is 0. The van der Waals surface area contributed by atoms with Crippen molar-refractivity contribution in [2.45, 2.75) is 6.92 Å². The van der Waals surface area contributed by atoms with Crippen LogP contribution in [0.15, 0.2) is 66.7 Å². The Balaban J connectivity index is 1.35. The van der Waals surface area contributed by atoms with Crippen LogP contribution >= 0.6 is 0 Å². The fourth-order valence-corrected chi connectivity index (χ4v) is 4.83. The minimum Gasteiger partial charge on any atom is -0.378 e. The molecule has 0 spiro atoms. The van der Waals surface area contributed by atoms with Gasteiger partial charge in [-0.1, -0.05) is 17.7 Å². The minimum absolute atomic E-state index is 0.00174. The summed E-state index contributed by atoms with van der Waals surface area (Å²) in [5.41, 5.74) is 3.79. The molecule has 1 N–H and O–H groups in total. The Kier molecular flexibility index (Phi) is 7.88. The number of benzene rings is 3. The molecule has 8 nitrogen and oxygen atoms in total. The quantitative estimate of drug-likeness (QED) is 0.543. The van der Waals surface area contributed by atoms with Crippen molar-refractivity contribution in [2.24, 2.45) is 0 Å². The summed E-state index contributed by atoms with van der Waals surface area (Å²) in [5.74, 6) is -0.951. The Hall–Kier alpha value is -4.24. The van der Waals surface area contributed by atoms with Gasteiger partial charge in [-0.25, -0.2) is 4.39 Å². The molecule has 2 saturated heterocycles. The molecule has 2 aliphatic heterocycles. The number of rotatable bonds is 5. The first-order chi connectivity index (χ1) is 18.9. The van der Waals surface area contributed by atoms with E-state index < -0.39 is 11.7 Å². The topological polar surface area (TPSA) is 82.2 Å². The number of nitrogens with zero attached hydrogens (tertiary/aromatic N) is 3. The maximum Gasteiger partial charge on any atom is 0.256 e. The van der Waals surface area contributed by atoms with E-state index >= 15 is 0 Å². The SMILES string of the molecule is Cc1ccc(C(=O)N2CCN(c3ccc(NC(=O)c4ccc(F)cc4)cc3C(=O)N3CCOCC3)CC2)cc1. The summed E-state index contributed by atoms with van der Waals surface area (Å²) in [4.78, 5) is 45.0. The van der Waals surface area contributed by atoms with Crippen molar-refractivity contribution in [3.8, 4) is 0 Å². The van der Waals surface area contributed by atoms with Gasteiger partial charge in [-0.3, -0.25) is 14.4 Å². The van der Waals surface area contributed by atoms with Crippen LogP contribution in [-0.4, -0.2) is 80.0 Å². The van der Waals surface area contributed by atoms with Crippen LogP contribution in [0.4, 0.5) is 15.8 Å². The predicted octanol–water partition coefficient (Wildman–Crippen LogP) is 3.82. The molecular formula is C30H31FN4O4. The zero-order valence-electron chi connectivity index (χ0n) is 21.9. The lowest BCUT2D eigenvalue weighted by molar-refractivity contribution is 0.0303. The first kappa shape index (κ1) is 26.4. The van der Waals surface area contributed by atoms with Gasteiger partial charge in [0.2, 0.25) is 0 Å². The normalized spacial score (nSPS) is 15.7. The van der Waals surface area contributed by atoms with E-state index in [0.717, 1.165) is 11.3 Å². The first-order valence-corrected chi connectivity index (χ1v) is 13.1. The second kappa shape index (κ2) is 11.7. The van der Waals surface area contributed by atoms with Crippen LogP contribution in [0.5, 0.6) is 0 Å². The van der Waals surface area contributed by atoms with Crippen molar-refractivity contribution in [1.29, 1.82) is 0 Å². The summed E-state index contributed by atoms with van der Waals surface area (Å²) >= 11 is 0. The van der Waals surface area contributed by atoms with Crippen molar-refractivity contribution in [3.05, 3.63) is 94.8 Å². The van der Waals surface area contributed by atoms with Crippen LogP contribution < -0.4 is 10.2 Å². The van der Waals surface area contributed by atoms with Gasteiger partial charge in [0.1, 0.15) is 5.82 Å². The molecule has 2 aliphatic rings. The van der Waals surface area contributed by atoms with Crippen molar-refractivity contribution in [1.82, 2.24) is 9.80 Å². The van der Waals surface area contributed by atoms with Crippen molar-refractivity contribution in [3.63, 3.8) is 0 Å². The lowest BCUT2D eigenvalue weighted by Gasteiger charge is -2.37. The van der Waals surface area contributed by atoms with Gasteiger partial charge < -0.3 is 24.8 Å². The number of ether oxygens (including phenoxy) is 1. The number of morpholine rings is 1. The number of hydrogen-bond donors (Lipinski definition) is 1. The van der Waals surface area contributed by atoms with E-state index in [1.165, 1.54) is 24.3 Å². The average Bonchev–Trinajstić information content (AvgIpc) is 2.97. The van der Waals surface area contributed by atoms with Crippen LogP contribution in [0.1, 0.15) is 36.6 Å². The molecule has 3 aromatic rings. The number of anilines is 2. The van der Waals surface area contributed by atoms with Crippen LogP contribution in [0.3, 0.4) is 0 Å². The van der Waals surface area contributed by atoms with Gasteiger partial charge in [0, 0.05) is 61.8 Å². The number of carbonyl (C=O) groups excluding carboxylic acids is 3. The zero-order chi connectivity index (χ0) is 27.4. The molecule has 2 fully saturated rings. The highest BCUT2D eigenvalue weighted by Crippen LogP contribution is 2.28. The number of amides is 3. The van der Waals surface area contributed by atoms with Gasteiger partial charge in [0.05, 0.1) is 18.8 Å². The molecule has 0 aliphatic carbocycles. The van der Waals surface area contributed by atoms with Crippen LogP contribution in [0.25, 0.3) is 0 Å². The summed E-state index contributed by atoms with van der Waals surface area (Å²) in [5, 5.41) is 2.82. The highest BCUT2D eigenvalue weighted by Gasteiger charge is 2.27. The molecule has 9 heteroatoms. The Morgan fingerprint density at radius 2 is 1.36 bits per heavy atom. The molecule has 5 rings (SSSR count). The third-order valence-corrected chi connectivity index (χ3v) is 7.10. The van der Waals surface area contributed by atoms with Gasteiger partial charge in [0.25, 0.3) is 17.7 Å². The Bertz CT molecular complexity index is 1350. The fourth-order valence-electron chi connectivity index (χ4n) is 4.83. The third kappa shape index (κ3) is 6.09. The fraction of sp³-hybridized carbons (Fsp3) is 0.300. The smallest absolute Gasteiger partial charge is 0.256 e. The molecule has 0 bridgehead atoms. The number of carbonyl (C=O) groups is 3. The number of piperazine rings is 1. The monoisotopic (exact) mass is 530 g/mol. The summed E-state index contributed by atoms with van der Waals surface area (Å²) in [6.45, 7) is 6.12. The lowest BCUT2D eigenvalue weighted by atomic mass is 10.1. The van der Waals surface area contributed by atoms with Gasteiger partial charge >= 0.3 is 0 Å². The Labute approximate surface area is 227 Å². The molecule has 3 amide bonds. The minimum atomic E-state index is -0.421. The molecule has 39 heavy (non-hydrogen) atoms. The molecule has 3 aromatic carbocycles. The summed E-state index contributed by atoms with van der Waals surface area (Å²) in [6, 6.07) is 18.1. The number of aryl methyl sites for hydroxylation is 1. The standard InChI is InChI=1S/C30H31FN4O4/c1-21-2-4-23(5-3-21)29(37)34-14-12-33(13-15-34)27-11-10-25(32-28(36)22-6-8-24(31)9-7-22)20-26(27)30(38)35-16-18-39-19-17-35/h2-11,20H,12-19H2,1H3,(H,32,36). The van der Waals surface area contributed by atoms with Crippen molar-refractivity contribution >= 4 is 29.1 Å². The predicted molar refractivity (Wildman–Crippen MR) is 147 cm³/mol. The van der Waals surface area contributed by atoms with Crippen molar-refractivity contribution in [2.75, 3.05) is 62.7 Å². The first-order valence-electron chi connectivity index (χ1n) is 13.1. The Morgan fingerprint density at radius 1 is 0.744 bits per heavy atom. The molecule has 0 aromatic heterocycles. The molecule has 0 radical (unpaired) electrons. The van der Waals surface area contributed by atoms with E-state index in [-0.39, 0.29) is 11.8 Å². The molecule has 0 saturated carbocycles. The maximum absolute atomic E-state index is 13.6. The number of nitrogens with one attached hydrogen (secondary N) is 1. The summed E-state index contributed by atoms with van der Waals surface area (Å²) in [6.07, 6.45) is 0. The van der Waals surface area contributed by atoms with Gasteiger partial charge in [-0.2, -0.15) is 0 Å². The van der Waals surface area contributed by atoms with E-state index in [9.17, 15) is 18.8 Å². The van der Waals surface area contributed by atoms with Gasteiger partial charge in [-0.15, -0.1) is 0 Å². The van der Waals surface area contributed by atoms with Crippen LogP contribution in [0, 0.1) is 12.7 Å². The van der Waals surface area contributed by atoms with E-state index in [1.54, 1.807) is 17.0 Å². The van der Waals surface area contributed by atoms with E-state index in [4.69, 9.17) is 4.74 Å². The molecule has 202 valence electrons.